The van der Waals surface area contributed by atoms with E-state index in [1.165, 1.54) is 0 Å². The molecule has 4 aromatic rings. The van der Waals surface area contributed by atoms with Gasteiger partial charge in [-0.15, -0.1) is 26.3 Å². The van der Waals surface area contributed by atoms with Gasteiger partial charge in [-0.25, -0.2) is 9.97 Å². The van der Waals surface area contributed by atoms with Gasteiger partial charge in [0, 0.05) is 48.7 Å². The molecule has 3 aromatic carbocycles. The van der Waals surface area contributed by atoms with Crippen molar-refractivity contribution in [1.82, 2.24) is 9.97 Å². The third-order valence-corrected chi connectivity index (χ3v) is 5.98. The topological polar surface area (TPSA) is 32.3 Å². The van der Waals surface area contributed by atoms with Crippen molar-refractivity contribution in [3.63, 3.8) is 0 Å². The summed E-state index contributed by atoms with van der Waals surface area (Å²) in [4.78, 5) is 14.5. The minimum Gasteiger partial charge on any atom is -0.364 e. The third-order valence-electron chi connectivity index (χ3n) is 5.98. The molecule has 0 spiro atoms. The highest BCUT2D eigenvalue weighted by atomic mass is 15.1. The molecule has 0 bridgehead atoms. The molecule has 1 heterocycles. The lowest BCUT2D eigenvalue weighted by Crippen LogP contribution is -2.22. The Bertz CT molecular complexity index is 1230. The molecule has 0 saturated carbocycles. The largest absolute Gasteiger partial charge is 0.364 e. The quantitative estimate of drug-likeness (QED) is 0.202. The van der Waals surface area contributed by atoms with E-state index >= 15 is 0 Å². The zero-order valence-corrected chi connectivity index (χ0v) is 20.7. The predicted molar refractivity (Wildman–Crippen MR) is 156 cm³/mol. The molecule has 0 N–H and O–H groups in total. The maximum atomic E-state index is 5.04. The SMILES string of the molecule is C=CCN(CC=C)c1ccc(-c2nc3ccccc3nc2-c2ccc(N(CC=C)CC=C)cc2)cc1. The minimum absolute atomic E-state index is 0.757. The van der Waals surface area contributed by atoms with Crippen molar-refractivity contribution >= 4 is 22.4 Å². The van der Waals surface area contributed by atoms with Crippen molar-refractivity contribution < 1.29 is 0 Å². The summed E-state index contributed by atoms with van der Waals surface area (Å²) >= 11 is 0. The average Bonchev–Trinajstić information content (AvgIpc) is 2.92. The highest BCUT2D eigenvalue weighted by Crippen LogP contribution is 2.33. The van der Waals surface area contributed by atoms with E-state index < -0.39 is 0 Å². The first-order chi connectivity index (χ1) is 17.7. The smallest absolute Gasteiger partial charge is 0.0973 e. The number of hydrogen-bond acceptors (Lipinski definition) is 4. The van der Waals surface area contributed by atoms with E-state index in [0.717, 1.165) is 71.1 Å². The fourth-order valence-electron chi connectivity index (χ4n) is 4.26. The summed E-state index contributed by atoms with van der Waals surface area (Å²) in [5.74, 6) is 0. The van der Waals surface area contributed by atoms with Crippen molar-refractivity contribution in [3.05, 3.63) is 123 Å². The van der Waals surface area contributed by atoms with Gasteiger partial charge in [-0.2, -0.15) is 0 Å². The van der Waals surface area contributed by atoms with Gasteiger partial charge in [-0.05, 0) is 36.4 Å². The predicted octanol–water partition coefficient (Wildman–Crippen LogP) is 7.32. The van der Waals surface area contributed by atoms with E-state index in [2.05, 4.69) is 84.6 Å². The second-order valence-corrected chi connectivity index (χ2v) is 8.47. The molecule has 0 saturated heterocycles. The Kier molecular flexibility index (Phi) is 8.09. The number of nitrogens with zero attached hydrogens (tertiary/aromatic N) is 4. The van der Waals surface area contributed by atoms with E-state index in [0.29, 0.717) is 0 Å². The molecule has 0 aliphatic carbocycles. The standard InChI is InChI=1S/C32H32N4/c1-5-21-35(22-6-2)27-17-13-25(14-18-27)31-32(34-30-12-10-9-11-29(30)33-31)26-15-19-28(20-16-26)36(23-7-3)24-8-4/h5-20H,1-4,21-24H2. The van der Waals surface area contributed by atoms with Crippen molar-refractivity contribution in [1.29, 1.82) is 0 Å². The molecule has 36 heavy (non-hydrogen) atoms. The summed E-state index contributed by atoms with van der Waals surface area (Å²) in [6, 6.07) is 24.9. The minimum atomic E-state index is 0.757. The summed E-state index contributed by atoms with van der Waals surface area (Å²) in [6.45, 7) is 18.5. The normalized spacial score (nSPS) is 10.6. The first kappa shape index (κ1) is 24.7. The number of anilines is 2. The Labute approximate surface area is 214 Å². The van der Waals surface area contributed by atoms with Crippen LogP contribution in [0.3, 0.4) is 0 Å². The molecule has 0 amide bonds. The van der Waals surface area contributed by atoms with Crippen LogP contribution in [0.4, 0.5) is 11.4 Å². The first-order valence-electron chi connectivity index (χ1n) is 12.1. The highest BCUT2D eigenvalue weighted by molar-refractivity contribution is 5.86. The van der Waals surface area contributed by atoms with Crippen LogP contribution in [0.25, 0.3) is 33.5 Å². The molecule has 0 aliphatic rings. The lowest BCUT2D eigenvalue weighted by molar-refractivity contribution is 0.957. The molecule has 0 radical (unpaired) electrons. The van der Waals surface area contributed by atoms with Gasteiger partial charge in [-0.3, -0.25) is 0 Å². The van der Waals surface area contributed by atoms with E-state index in [1.54, 1.807) is 0 Å². The van der Waals surface area contributed by atoms with E-state index in [9.17, 15) is 0 Å². The van der Waals surface area contributed by atoms with Crippen LogP contribution >= 0.6 is 0 Å². The second kappa shape index (κ2) is 11.8. The van der Waals surface area contributed by atoms with Crippen LogP contribution in [0.15, 0.2) is 123 Å². The molecule has 0 unspecified atom stereocenters. The lowest BCUT2D eigenvalue weighted by Gasteiger charge is -2.22. The fourth-order valence-corrected chi connectivity index (χ4v) is 4.26. The van der Waals surface area contributed by atoms with Crippen LogP contribution < -0.4 is 9.80 Å². The molecule has 4 heteroatoms. The van der Waals surface area contributed by atoms with E-state index in [-0.39, 0.29) is 0 Å². The van der Waals surface area contributed by atoms with E-state index in [4.69, 9.17) is 9.97 Å². The molecular weight excluding hydrogens is 440 g/mol. The summed E-state index contributed by atoms with van der Waals surface area (Å²) in [7, 11) is 0. The molecule has 4 nitrogen and oxygen atoms in total. The molecule has 0 atom stereocenters. The zero-order chi connectivity index (χ0) is 25.3. The van der Waals surface area contributed by atoms with Gasteiger partial charge in [0.25, 0.3) is 0 Å². The van der Waals surface area contributed by atoms with Gasteiger partial charge in [-0.1, -0.05) is 60.7 Å². The summed E-state index contributed by atoms with van der Waals surface area (Å²) in [5.41, 5.74) is 7.74. The van der Waals surface area contributed by atoms with Gasteiger partial charge < -0.3 is 9.80 Å². The summed E-state index contributed by atoms with van der Waals surface area (Å²) < 4.78 is 0. The molecule has 0 fully saturated rings. The van der Waals surface area contributed by atoms with Crippen molar-refractivity contribution in [3.8, 4) is 22.5 Å². The Morgan fingerprint density at radius 3 is 1.14 bits per heavy atom. The molecule has 0 aliphatic heterocycles. The maximum absolute atomic E-state index is 5.04. The van der Waals surface area contributed by atoms with Crippen LogP contribution in [-0.4, -0.2) is 36.1 Å². The molecular formula is C32H32N4. The monoisotopic (exact) mass is 472 g/mol. The number of para-hydroxylation sites is 2. The number of hydrogen-bond donors (Lipinski definition) is 0. The first-order valence-corrected chi connectivity index (χ1v) is 12.1. The van der Waals surface area contributed by atoms with Gasteiger partial charge in [0.05, 0.1) is 22.4 Å². The zero-order valence-electron chi connectivity index (χ0n) is 20.7. The maximum Gasteiger partial charge on any atom is 0.0973 e. The van der Waals surface area contributed by atoms with Crippen molar-refractivity contribution in [2.45, 2.75) is 0 Å². The Balaban J connectivity index is 1.77. The highest BCUT2D eigenvalue weighted by Gasteiger charge is 2.15. The Morgan fingerprint density at radius 2 is 0.833 bits per heavy atom. The number of benzene rings is 3. The lowest BCUT2D eigenvalue weighted by atomic mass is 10.0. The van der Waals surface area contributed by atoms with Gasteiger partial charge in [0.2, 0.25) is 0 Å². The molecule has 4 rings (SSSR count). The number of rotatable bonds is 12. The van der Waals surface area contributed by atoms with Gasteiger partial charge >= 0.3 is 0 Å². The van der Waals surface area contributed by atoms with E-state index in [1.807, 2.05) is 48.6 Å². The number of aromatic nitrogens is 2. The average molecular weight is 473 g/mol. The molecule has 1 aromatic heterocycles. The fraction of sp³-hybridized carbons (Fsp3) is 0.125. The van der Waals surface area contributed by atoms with Gasteiger partial charge in [0.1, 0.15) is 0 Å². The van der Waals surface area contributed by atoms with Crippen molar-refractivity contribution in [2.24, 2.45) is 0 Å². The van der Waals surface area contributed by atoms with Crippen LogP contribution in [0, 0.1) is 0 Å². The van der Waals surface area contributed by atoms with Crippen molar-refractivity contribution in [2.75, 3.05) is 36.0 Å². The van der Waals surface area contributed by atoms with Crippen LogP contribution in [0.1, 0.15) is 0 Å². The van der Waals surface area contributed by atoms with Gasteiger partial charge in [0.15, 0.2) is 0 Å². The Morgan fingerprint density at radius 1 is 0.500 bits per heavy atom. The van der Waals surface area contributed by atoms with Crippen LogP contribution in [0.2, 0.25) is 0 Å². The summed E-state index contributed by atoms with van der Waals surface area (Å²) in [6.07, 6.45) is 7.61. The van der Waals surface area contributed by atoms with Crippen LogP contribution in [0.5, 0.6) is 0 Å². The second-order valence-electron chi connectivity index (χ2n) is 8.47. The Hall–Kier alpha value is -4.44. The molecule has 180 valence electrons. The summed E-state index contributed by atoms with van der Waals surface area (Å²) in [5, 5.41) is 0. The van der Waals surface area contributed by atoms with Crippen LogP contribution in [-0.2, 0) is 0 Å². The third kappa shape index (κ3) is 5.44. The number of fused-ring (bicyclic) bond motifs is 1.